The molecule has 0 aromatic rings. The van der Waals surface area contributed by atoms with Gasteiger partial charge in [0, 0.05) is 25.3 Å². The molecule has 3 heteroatoms. The largest absolute Gasteiger partial charge is 0.494 e. The highest BCUT2D eigenvalue weighted by Gasteiger charge is 2.63. The molecule has 0 radical (unpaired) electrons. The van der Waals surface area contributed by atoms with Crippen LogP contribution in [0.1, 0.15) is 98.3 Å². The normalized spacial score (nSPS) is 44.8. The van der Waals surface area contributed by atoms with Crippen molar-refractivity contribution in [3.05, 3.63) is 23.0 Å². The molecule has 0 spiro atoms. The number of rotatable bonds is 5. The van der Waals surface area contributed by atoms with E-state index < -0.39 is 0 Å². The Morgan fingerprint density at radius 1 is 1.12 bits per heavy atom. The Morgan fingerprint density at radius 2 is 1.91 bits per heavy atom. The van der Waals surface area contributed by atoms with Crippen LogP contribution < -0.4 is 0 Å². The zero-order valence-corrected chi connectivity index (χ0v) is 22.2. The van der Waals surface area contributed by atoms with Gasteiger partial charge in [-0.25, -0.2) is 0 Å². The number of likely N-dealkylation sites (tertiary alicyclic amines) is 1. The topological polar surface area (TPSA) is 29.5 Å². The highest BCUT2D eigenvalue weighted by atomic mass is 16.5. The van der Waals surface area contributed by atoms with Gasteiger partial charge in [-0.1, -0.05) is 26.3 Å². The maximum Gasteiger partial charge on any atom is 0.155 e. The molecule has 4 aliphatic carbocycles. The van der Waals surface area contributed by atoms with Gasteiger partial charge in [0.25, 0.3) is 0 Å². The molecule has 34 heavy (non-hydrogen) atoms. The smallest absolute Gasteiger partial charge is 0.155 e. The van der Waals surface area contributed by atoms with Crippen LogP contribution in [0.2, 0.25) is 0 Å². The molecule has 1 unspecified atom stereocenters. The molecule has 0 N–H and O–H groups in total. The van der Waals surface area contributed by atoms with E-state index in [0.717, 1.165) is 49.4 Å². The van der Waals surface area contributed by atoms with Gasteiger partial charge in [0.1, 0.15) is 6.10 Å². The summed E-state index contributed by atoms with van der Waals surface area (Å²) in [5.74, 6) is 5.51. The number of ether oxygens (including phenoxy) is 1. The summed E-state index contributed by atoms with van der Waals surface area (Å²) in [5.41, 5.74) is 3.77. The molecule has 188 valence electrons. The minimum atomic E-state index is 0.276. The molecule has 2 aliphatic heterocycles. The zero-order chi connectivity index (χ0) is 23.7. The van der Waals surface area contributed by atoms with E-state index in [1.807, 2.05) is 6.08 Å². The van der Waals surface area contributed by atoms with Crippen LogP contribution in [0.15, 0.2) is 23.0 Å². The minimum absolute atomic E-state index is 0.276. The third-order valence-corrected chi connectivity index (χ3v) is 11.8. The summed E-state index contributed by atoms with van der Waals surface area (Å²) in [6.45, 7) is 13.9. The number of nitrogens with zero attached hydrogens (tertiary/aromatic N) is 1. The highest BCUT2D eigenvalue weighted by molar-refractivity contribution is 5.91. The first-order valence-corrected chi connectivity index (χ1v) is 14.6. The maximum atomic E-state index is 12.1. The van der Waals surface area contributed by atoms with Crippen molar-refractivity contribution in [3.63, 3.8) is 0 Å². The molecular weight excluding hydrogens is 418 g/mol. The second-order valence-electron chi connectivity index (χ2n) is 13.6. The summed E-state index contributed by atoms with van der Waals surface area (Å²) in [4.78, 5) is 14.8. The predicted molar refractivity (Wildman–Crippen MR) is 137 cm³/mol. The van der Waals surface area contributed by atoms with Crippen LogP contribution in [-0.2, 0) is 9.53 Å². The Kier molecular flexibility index (Phi) is 5.83. The predicted octanol–water partition coefficient (Wildman–Crippen LogP) is 6.93. The number of carbonyl (C=O) groups excluding carboxylic acids is 1. The average molecular weight is 466 g/mol. The third-order valence-electron chi connectivity index (χ3n) is 11.8. The summed E-state index contributed by atoms with van der Waals surface area (Å²) >= 11 is 0. The van der Waals surface area contributed by atoms with Gasteiger partial charge in [-0.15, -0.1) is 0 Å². The first kappa shape index (κ1) is 23.3. The number of allylic oxidation sites excluding steroid dienone is 2. The number of hydrogen-bond acceptors (Lipinski definition) is 3. The zero-order valence-electron chi connectivity index (χ0n) is 22.2. The van der Waals surface area contributed by atoms with Gasteiger partial charge in [0.05, 0.1) is 5.76 Å². The third kappa shape index (κ3) is 3.58. The molecule has 4 fully saturated rings. The van der Waals surface area contributed by atoms with Gasteiger partial charge >= 0.3 is 0 Å². The van der Waals surface area contributed by atoms with Crippen molar-refractivity contribution < 1.29 is 9.53 Å². The number of ketones is 1. The molecule has 0 aromatic heterocycles. The average Bonchev–Trinajstić information content (AvgIpc) is 3.49. The molecule has 0 aromatic carbocycles. The Morgan fingerprint density at radius 3 is 2.71 bits per heavy atom. The number of fused-ring (bicyclic) bond motifs is 7. The molecule has 0 bridgehead atoms. The van der Waals surface area contributed by atoms with E-state index in [0.29, 0.717) is 23.2 Å². The lowest BCUT2D eigenvalue weighted by molar-refractivity contribution is -0.117. The van der Waals surface area contributed by atoms with Crippen molar-refractivity contribution in [2.24, 2.45) is 40.4 Å². The van der Waals surface area contributed by atoms with E-state index in [1.165, 1.54) is 75.9 Å². The van der Waals surface area contributed by atoms with Crippen LogP contribution in [0.25, 0.3) is 0 Å². The van der Waals surface area contributed by atoms with E-state index >= 15 is 0 Å². The molecule has 8 atom stereocenters. The molecule has 2 heterocycles. The first-order chi connectivity index (χ1) is 16.3. The number of carbonyl (C=O) groups is 1. The van der Waals surface area contributed by atoms with Gasteiger partial charge in [0.2, 0.25) is 0 Å². The molecule has 6 aliphatic rings. The summed E-state index contributed by atoms with van der Waals surface area (Å²) in [7, 11) is 0. The van der Waals surface area contributed by atoms with Gasteiger partial charge < -0.3 is 9.64 Å². The molecule has 1 saturated heterocycles. The molecule has 3 saturated carbocycles. The monoisotopic (exact) mass is 465 g/mol. The molecule has 3 nitrogen and oxygen atoms in total. The van der Waals surface area contributed by atoms with Crippen LogP contribution in [0.3, 0.4) is 0 Å². The van der Waals surface area contributed by atoms with Crippen LogP contribution in [0, 0.1) is 40.4 Å². The fourth-order valence-corrected chi connectivity index (χ4v) is 10.0. The van der Waals surface area contributed by atoms with E-state index in [9.17, 15) is 4.79 Å². The Balaban J connectivity index is 1.16. The number of hydrogen-bond donors (Lipinski definition) is 0. The van der Waals surface area contributed by atoms with Crippen molar-refractivity contribution in [1.29, 1.82) is 0 Å². The fraction of sp³-hybridized carbons (Fsp3) is 0.839. The summed E-state index contributed by atoms with van der Waals surface area (Å²) in [6, 6.07) is 0. The SMILES string of the molecule is CC1=C(CCC(C)CN2CCCC2)O[C@H]2C[C@H]3[C@@H]4CCC5=CC(=O)CC[C@]5(C)[C@H]4CC[C@]3(C)[C@@H]12. The van der Waals surface area contributed by atoms with Crippen molar-refractivity contribution in [3.8, 4) is 0 Å². The van der Waals surface area contributed by atoms with Crippen LogP contribution in [0.4, 0.5) is 0 Å². The lowest BCUT2D eigenvalue weighted by Crippen LogP contribution is -2.50. The lowest BCUT2D eigenvalue weighted by Gasteiger charge is -2.58. The van der Waals surface area contributed by atoms with Crippen LogP contribution in [-0.4, -0.2) is 36.4 Å². The highest BCUT2D eigenvalue weighted by Crippen LogP contribution is 2.69. The van der Waals surface area contributed by atoms with E-state index in [1.54, 1.807) is 5.57 Å². The van der Waals surface area contributed by atoms with Gasteiger partial charge in [-0.05, 0) is 124 Å². The molecular formula is C31H47NO2. The first-order valence-electron chi connectivity index (χ1n) is 14.6. The van der Waals surface area contributed by atoms with E-state index in [-0.39, 0.29) is 5.41 Å². The lowest BCUT2D eigenvalue weighted by atomic mass is 9.46. The van der Waals surface area contributed by atoms with E-state index in [4.69, 9.17) is 4.74 Å². The Bertz CT molecular complexity index is 897. The summed E-state index contributed by atoms with van der Waals surface area (Å²) in [5, 5.41) is 0. The van der Waals surface area contributed by atoms with Crippen molar-refractivity contribution >= 4 is 5.78 Å². The quantitative estimate of drug-likeness (QED) is 0.441. The fourth-order valence-electron chi connectivity index (χ4n) is 10.0. The van der Waals surface area contributed by atoms with E-state index in [2.05, 4.69) is 32.6 Å². The van der Waals surface area contributed by atoms with Gasteiger partial charge in [-0.2, -0.15) is 0 Å². The van der Waals surface area contributed by atoms with Gasteiger partial charge in [0.15, 0.2) is 5.78 Å². The second-order valence-corrected chi connectivity index (χ2v) is 13.6. The Labute approximate surface area is 207 Å². The molecule has 6 rings (SSSR count). The van der Waals surface area contributed by atoms with Crippen molar-refractivity contribution in [2.75, 3.05) is 19.6 Å². The van der Waals surface area contributed by atoms with Crippen LogP contribution >= 0.6 is 0 Å². The molecule has 0 amide bonds. The standard InChI is InChI=1S/C31H47NO2/c1-20(19-32-15-5-6-16-32)7-10-27-21(2)29-28(34-27)18-26-24-9-8-22-17-23(33)11-13-30(22,3)25(24)12-14-31(26,29)4/h17,20,24-26,28-29H,5-16,18-19H2,1-4H3/t20?,24-,25+,26+,28+,29+,30+,31+/m1/s1. The Hall–Kier alpha value is -1.09. The minimum Gasteiger partial charge on any atom is -0.494 e. The van der Waals surface area contributed by atoms with Crippen molar-refractivity contribution in [2.45, 2.75) is 104 Å². The second kappa shape index (κ2) is 8.49. The summed E-state index contributed by atoms with van der Waals surface area (Å²) < 4.78 is 6.81. The van der Waals surface area contributed by atoms with Gasteiger partial charge in [-0.3, -0.25) is 4.79 Å². The van der Waals surface area contributed by atoms with Crippen LogP contribution in [0.5, 0.6) is 0 Å². The summed E-state index contributed by atoms with van der Waals surface area (Å²) in [6.07, 6.45) is 15.9. The van der Waals surface area contributed by atoms with Crippen molar-refractivity contribution in [1.82, 2.24) is 4.90 Å². The maximum absolute atomic E-state index is 12.1.